The Labute approximate surface area is 197 Å². The van der Waals surface area contributed by atoms with Gasteiger partial charge in [0.25, 0.3) is 5.91 Å². The number of amides is 1. The van der Waals surface area contributed by atoms with Crippen molar-refractivity contribution in [3.8, 4) is 23.1 Å². The molecule has 1 atom stereocenters. The number of methoxy groups -OCH3 is 1. The van der Waals surface area contributed by atoms with Gasteiger partial charge < -0.3 is 14.4 Å². The van der Waals surface area contributed by atoms with Gasteiger partial charge in [-0.2, -0.15) is 0 Å². The van der Waals surface area contributed by atoms with Gasteiger partial charge in [-0.15, -0.1) is 10.2 Å². The monoisotopic (exact) mass is 456 g/mol. The Morgan fingerprint density at radius 1 is 1.00 bits per heavy atom. The zero-order valence-electron chi connectivity index (χ0n) is 18.7. The molecule has 1 saturated heterocycles. The molecule has 1 fully saturated rings. The summed E-state index contributed by atoms with van der Waals surface area (Å²) in [7, 11) is 1.62. The molecule has 0 bridgehead atoms. The molecule has 3 heterocycles. The number of likely N-dealkylation sites (tertiary alicyclic amines) is 1. The predicted molar refractivity (Wildman–Crippen MR) is 124 cm³/mol. The van der Waals surface area contributed by atoms with Crippen LogP contribution >= 0.6 is 0 Å². The Hall–Kier alpha value is -4.27. The van der Waals surface area contributed by atoms with Crippen molar-refractivity contribution < 1.29 is 14.3 Å². The van der Waals surface area contributed by atoms with Crippen LogP contribution in [0.2, 0.25) is 0 Å². The third-order valence-corrected chi connectivity index (χ3v) is 5.87. The zero-order valence-corrected chi connectivity index (χ0v) is 18.7. The second-order valence-electron chi connectivity index (χ2n) is 8.03. The van der Waals surface area contributed by atoms with Crippen LogP contribution in [0.1, 0.15) is 34.8 Å². The van der Waals surface area contributed by atoms with Gasteiger partial charge >= 0.3 is 0 Å². The van der Waals surface area contributed by atoms with E-state index >= 15 is 0 Å². The quantitative estimate of drug-likeness (QED) is 0.434. The molecule has 1 aliphatic heterocycles. The van der Waals surface area contributed by atoms with E-state index in [4.69, 9.17) is 9.47 Å². The molecule has 5 rings (SSSR count). The number of hydrogen-bond acceptors (Lipinski definition) is 7. The van der Waals surface area contributed by atoms with Crippen LogP contribution in [0.4, 0.5) is 0 Å². The van der Waals surface area contributed by atoms with Crippen molar-refractivity contribution in [2.75, 3.05) is 20.2 Å². The smallest absolute Gasteiger partial charge is 0.253 e. The molecule has 1 amide bonds. The van der Waals surface area contributed by atoms with Crippen molar-refractivity contribution in [3.63, 3.8) is 0 Å². The first-order valence-electron chi connectivity index (χ1n) is 11.1. The molecule has 0 aliphatic carbocycles. The van der Waals surface area contributed by atoms with E-state index in [1.165, 1.54) is 0 Å². The van der Waals surface area contributed by atoms with Crippen LogP contribution < -0.4 is 9.47 Å². The van der Waals surface area contributed by atoms with E-state index in [0.29, 0.717) is 30.3 Å². The molecule has 0 spiro atoms. The molecule has 1 aliphatic rings. The lowest BCUT2D eigenvalue weighted by atomic mass is 9.94. The number of hydrogen-bond donors (Lipinski definition) is 0. The van der Waals surface area contributed by atoms with Gasteiger partial charge in [0.15, 0.2) is 0 Å². The minimum atomic E-state index is -0.0128. The topological polar surface area (TPSA) is 95.3 Å². The number of carbonyl (C=O) groups excluding carboxylic acids is 1. The van der Waals surface area contributed by atoms with E-state index in [9.17, 15) is 4.79 Å². The van der Waals surface area contributed by atoms with E-state index in [-0.39, 0.29) is 11.8 Å². The van der Waals surface area contributed by atoms with Crippen LogP contribution in [0.3, 0.4) is 0 Å². The number of aromatic nitrogens is 5. The van der Waals surface area contributed by atoms with Crippen LogP contribution in [0.25, 0.3) is 5.69 Å². The molecule has 0 N–H and O–H groups in total. The van der Waals surface area contributed by atoms with Crippen LogP contribution in [0, 0.1) is 0 Å². The second kappa shape index (κ2) is 9.70. The van der Waals surface area contributed by atoms with Crippen LogP contribution in [0.5, 0.6) is 17.4 Å². The van der Waals surface area contributed by atoms with Gasteiger partial charge in [0.2, 0.25) is 5.88 Å². The summed E-state index contributed by atoms with van der Waals surface area (Å²) >= 11 is 0. The lowest BCUT2D eigenvalue weighted by Crippen LogP contribution is -2.39. The second-order valence-corrected chi connectivity index (χ2v) is 8.03. The van der Waals surface area contributed by atoms with Crippen molar-refractivity contribution in [2.45, 2.75) is 18.8 Å². The van der Waals surface area contributed by atoms with Gasteiger partial charge in [-0.1, -0.05) is 6.07 Å². The number of carbonyl (C=O) groups is 1. The Bertz CT molecular complexity index is 1260. The SMILES string of the molecule is COc1ccc(Oc2nccnc2C2CCCN(C(=O)c3cccc(-n4cnnc4)c3)C2)cc1. The fourth-order valence-corrected chi connectivity index (χ4v) is 4.15. The lowest BCUT2D eigenvalue weighted by Gasteiger charge is -2.33. The molecule has 4 aromatic rings. The molecular formula is C25H24N6O3. The number of rotatable bonds is 6. The van der Waals surface area contributed by atoms with E-state index in [2.05, 4.69) is 20.2 Å². The molecule has 34 heavy (non-hydrogen) atoms. The zero-order chi connectivity index (χ0) is 23.3. The van der Waals surface area contributed by atoms with Crippen molar-refractivity contribution in [3.05, 3.63) is 84.8 Å². The predicted octanol–water partition coefficient (Wildman–Crippen LogP) is 3.88. The largest absolute Gasteiger partial charge is 0.497 e. The Kier molecular flexibility index (Phi) is 6.15. The first kappa shape index (κ1) is 21.6. The highest BCUT2D eigenvalue weighted by Gasteiger charge is 2.29. The first-order chi connectivity index (χ1) is 16.7. The van der Waals surface area contributed by atoms with Gasteiger partial charge in [0, 0.05) is 42.7 Å². The van der Waals surface area contributed by atoms with Crippen molar-refractivity contribution in [2.24, 2.45) is 0 Å². The van der Waals surface area contributed by atoms with Gasteiger partial charge in [-0.3, -0.25) is 14.3 Å². The molecule has 0 radical (unpaired) electrons. The maximum absolute atomic E-state index is 13.3. The van der Waals surface area contributed by atoms with Crippen LogP contribution in [-0.4, -0.2) is 55.7 Å². The third kappa shape index (κ3) is 4.59. The van der Waals surface area contributed by atoms with Crippen molar-refractivity contribution in [1.29, 1.82) is 0 Å². The normalized spacial score (nSPS) is 15.7. The minimum absolute atomic E-state index is 0.0128. The van der Waals surface area contributed by atoms with Crippen molar-refractivity contribution >= 4 is 5.91 Å². The highest BCUT2D eigenvalue weighted by atomic mass is 16.5. The molecule has 9 nitrogen and oxygen atoms in total. The molecule has 9 heteroatoms. The lowest BCUT2D eigenvalue weighted by molar-refractivity contribution is 0.0704. The Morgan fingerprint density at radius 2 is 1.76 bits per heavy atom. The number of nitrogens with zero attached hydrogens (tertiary/aromatic N) is 6. The summed E-state index contributed by atoms with van der Waals surface area (Å²) in [6.07, 6.45) is 8.28. The summed E-state index contributed by atoms with van der Waals surface area (Å²) < 4.78 is 13.0. The maximum atomic E-state index is 13.3. The van der Waals surface area contributed by atoms with E-state index in [0.717, 1.165) is 30.0 Å². The summed E-state index contributed by atoms with van der Waals surface area (Å²) in [6.45, 7) is 1.24. The Balaban J connectivity index is 1.34. The third-order valence-electron chi connectivity index (χ3n) is 5.87. The van der Waals surface area contributed by atoms with Gasteiger partial charge in [-0.25, -0.2) is 4.98 Å². The summed E-state index contributed by atoms with van der Waals surface area (Å²) in [6, 6.07) is 14.8. The van der Waals surface area contributed by atoms with Gasteiger partial charge in [0.05, 0.1) is 7.11 Å². The van der Waals surface area contributed by atoms with E-state index in [1.54, 1.807) is 36.7 Å². The first-order valence-corrected chi connectivity index (χ1v) is 11.1. The van der Waals surface area contributed by atoms with Gasteiger partial charge in [0.1, 0.15) is 29.8 Å². The molecule has 2 aromatic heterocycles. The number of piperidine rings is 1. The summed E-state index contributed by atoms with van der Waals surface area (Å²) in [5.74, 6) is 1.88. The maximum Gasteiger partial charge on any atom is 0.253 e. The standard InChI is InChI=1S/C25H24N6O3/c1-33-21-7-9-22(10-8-21)34-24-23(26-11-12-27-24)19-5-3-13-30(15-19)25(32)18-4-2-6-20(14-18)31-16-28-29-17-31/h2,4,6-12,14,16-17,19H,3,5,13,15H2,1H3. The fraction of sp³-hybridized carbons (Fsp3) is 0.240. The van der Waals surface area contributed by atoms with Crippen molar-refractivity contribution in [1.82, 2.24) is 29.6 Å². The summed E-state index contributed by atoms with van der Waals surface area (Å²) in [5, 5.41) is 7.68. The summed E-state index contributed by atoms with van der Waals surface area (Å²) in [4.78, 5) is 24.2. The molecule has 172 valence electrons. The Morgan fingerprint density at radius 3 is 2.56 bits per heavy atom. The molecule has 1 unspecified atom stereocenters. The number of ether oxygens (including phenoxy) is 2. The summed E-state index contributed by atoms with van der Waals surface area (Å²) in [5.41, 5.74) is 2.23. The number of benzene rings is 2. The highest BCUT2D eigenvalue weighted by Crippen LogP contribution is 2.33. The average Bonchev–Trinajstić information content (AvgIpc) is 3.44. The molecule has 0 saturated carbocycles. The van der Waals surface area contributed by atoms with Gasteiger partial charge in [-0.05, 0) is 55.3 Å². The van der Waals surface area contributed by atoms with Crippen LogP contribution in [0.15, 0.2) is 73.6 Å². The molecular weight excluding hydrogens is 432 g/mol. The fourth-order valence-electron chi connectivity index (χ4n) is 4.15. The molecule has 2 aromatic carbocycles. The van der Waals surface area contributed by atoms with E-state index < -0.39 is 0 Å². The highest BCUT2D eigenvalue weighted by molar-refractivity contribution is 5.94. The average molecular weight is 457 g/mol. The van der Waals surface area contributed by atoms with E-state index in [1.807, 2.05) is 53.4 Å². The minimum Gasteiger partial charge on any atom is -0.497 e. The van der Waals surface area contributed by atoms with Crippen LogP contribution in [-0.2, 0) is 0 Å².